The molecule has 5 heterocycles. The third-order valence-electron chi connectivity index (χ3n) is 5.83. The van der Waals surface area contributed by atoms with E-state index >= 15 is 0 Å². The summed E-state index contributed by atoms with van der Waals surface area (Å²) >= 11 is 0. The molecule has 0 radical (unpaired) electrons. The van der Waals surface area contributed by atoms with E-state index in [0.29, 0.717) is 39.7 Å². The number of hydrogen-bond acceptors (Lipinski definition) is 9. The Bertz CT molecular complexity index is 1400. The molecule has 0 saturated carbocycles. The molecule has 0 spiro atoms. The molecule has 4 aromatic rings. The van der Waals surface area contributed by atoms with E-state index < -0.39 is 18.1 Å². The number of rotatable bonds is 6. The van der Waals surface area contributed by atoms with Gasteiger partial charge in [0.15, 0.2) is 5.76 Å². The summed E-state index contributed by atoms with van der Waals surface area (Å²) in [6, 6.07) is 8.34. The second-order valence-corrected chi connectivity index (χ2v) is 8.08. The van der Waals surface area contributed by atoms with Crippen molar-refractivity contribution in [1.82, 2.24) is 34.8 Å². The van der Waals surface area contributed by atoms with Gasteiger partial charge in [0.25, 0.3) is 5.91 Å². The van der Waals surface area contributed by atoms with Crippen LogP contribution in [0.5, 0.6) is 0 Å². The largest absolute Gasteiger partial charge is 0.373 e. The van der Waals surface area contributed by atoms with Crippen LogP contribution in [0.1, 0.15) is 24.4 Å². The van der Waals surface area contributed by atoms with Gasteiger partial charge in [-0.15, -0.1) is 0 Å². The van der Waals surface area contributed by atoms with Crippen LogP contribution in [-0.2, 0) is 10.4 Å². The van der Waals surface area contributed by atoms with Gasteiger partial charge in [-0.3, -0.25) is 4.79 Å². The summed E-state index contributed by atoms with van der Waals surface area (Å²) in [5.41, 5.74) is 0.600. The molecule has 1 aliphatic heterocycles. The van der Waals surface area contributed by atoms with Gasteiger partial charge in [0, 0.05) is 32.3 Å². The Balaban J connectivity index is 1.40. The molecular formula is C22H20F2N8O3. The van der Waals surface area contributed by atoms with Gasteiger partial charge in [0.1, 0.15) is 5.69 Å². The van der Waals surface area contributed by atoms with Crippen molar-refractivity contribution in [2.24, 2.45) is 0 Å². The number of pyridine rings is 1. The number of carbonyl (C=O) groups excluding carboxylic acids is 1. The minimum Gasteiger partial charge on any atom is -0.373 e. The molecule has 2 N–H and O–H groups in total. The van der Waals surface area contributed by atoms with Crippen molar-refractivity contribution in [1.29, 1.82) is 0 Å². The number of amides is 1. The van der Waals surface area contributed by atoms with Crippen LogP contribution in [0.3, 0.4) is 0 Å². The molecule has 1 saturated heterocycles. The molecule has 0 unspecified atom stereocenters. The number of nitrogens with zero attached hydrogens (tertiary/aromatic N) is 7. The van der Waals surface area contributed by atoms with Crippen molar-refractivity contribution >= 4 is 17.5 Å². The number of hydrogen-bond donors (Lipinski definition) is 2. The molecule has 1 atom stereocenters. The second kappa shape index (κ2) is 8.51. The number of carbonyl (C=O) groups is 1. The SMILES string of the molecule is Cc1c(Nc2nccc(-c3cccc(-c4cc([C@]5(O)CCN(C)C5=O)on4)n3)n2)cnn1C(F)F. The van der Waals surface area contributed by atoms with Gasteiger partial charge in [0.05, 0.1) is 34.7 Å². The van der Waals surface area contributed by atoms with Gasteiger partial charge in [0.2, 0.25) is 11.5 Å². The van der Waals surface area contributed by atoms with Gasteiger partial charge >= 0.3 is 6.55 Å². The first kappa shape index (κ1) is 22.5. The van der Waals surface area contributed by atoms with Crippen LogP contribution >= 0.6 is 0 Å². The summed E-state index contributed by atoms with van der Waals surface area (Å²) in [6.45, 7) is -0.836. The van der Waals surface area contributed by atoms with Crippen molar-refractivity contribution in [3.05, 3.63) is 54.2 Å². The quantitative estimate of drug-likeness (QED) is 0.425. The highest BCUT2D eigenvalue weighted by atomic mass is 19.3. The summed E-state index contributed by atoms with van der Waals surface area (Å²) in [4.78, 5) is 26.9. The third-order valence-corrected chi connectivity index (χ3v) is 5.83. The number of halogens is 2. The maximum Gasteiger partial charge on any atom is 0.333 e. The van der Waals surface area contributed by atoms with Crippen LogP contribution in [0.15, 0.2) is 47.2 Å². The van der Waals surface area contributed by atoms with Crippen LogP contribution < -0.4 is 5.32 Å². The average molecular weight is 482 g/mol. The van der Waals surface area contributed by atoms with Crippen LogP contribution in [-0.4, -0.2) is 59.4 Å². The normalized spacial score (nSPS) is 18.0. The van der Waals surface area contributed by atoms with E-state index in [4.69, 9.17) is 4.52 Å². The molecule has 1 amide bonds. The van der Waals surface area contributed by atoms with Crippen molar-refractivity contribution in [2.75, 3.05) is 18.9 Å². The molecule has 11 nitrogen and oxygen atoms in total. The monoisotopic (exact) mass is 482 g/mol. The molecule has 35 heavy (non-hydrogen) atoms. The number of alkyl halides is 2. The number of nitrogens with one attached hydrogen (secondary N) is 1. The third kappa shape index (κ3) is 3.99. The summed E-state index contributed by atoms with van der Waals surface area (Å²) in [6.07, 6.45) is 2.99. The second-order valence-electron chi connectivity index (χ2n) is 8.08. The van der Waals surface area contributed by atoms with Crippen LogP contribution in [0.2, 0.25) is 0 Å². The van der Waals surface area contributed by atoms with E-state index in [-0.39, 0.29) is 23.8 Å². The first-order valence-corrected chi connectivity index (χ1v) is 10.6. The maximum atomic E-state index is 13.0. The highest BCUT2D eigenvalue weighted by Crippen LogP contribution is 2.34. The molecular weight excluding hydrogens is 462 g/mol. The summed E-state index contributed by atoms with van der Waals surface area (Å²) in [7, 11) is 1.61. The van der Waals surface area contributed by atoms with Gasteiger partial charge in [-0.05, 0) is 25.1 Å². The molecule has 13 heteroatoms. The lowest BCUT2D eigenvalue weighted by Gasteiger charge is -2.16. The van der Waals surface area contributed by atoms with Crippen molar-refractivity contribution in [3.63, 3.8) is 0 Å². The molecule has 180 valence electrons. The van der Waals surface area contributed by atoms with E-state index in [1.807, 2.05) is 0 Å². The van der Waals surface area contributed by atoms with Crippen molar-refractivity contribution in [3.8, 4) is 22.8 Å². The van der Waals surface area contributed by atoms with E-state index in [1.165, 1.54) is 30.3 Å². The fourth-order valence-corrected chi connectivity index (χ4v) is 3.82. The topological polar surface area (TPSA) is 135 Å². The van der Waals surface area contributed by atoms with Gasteiger partial charge in [-0.1, -0.05) is 11.2 Å². The first-order chi connectivity index (χ1) is 16.8. The van der Waals surface area contributed by atoms with Crippen molar-refractivity contribution in [2.45, 2.75) is 25.5 Å². The lowest BCUT2D eigenvalue weighted by atomic mass is 9.98. The number of likely N-dealkylation sites (tertiary alicyclic amines) is 1. The summed E-state index contributed by atoms with van der Waals surface area (Å²) in [5.74, 6) is -0.207. The maximum absolute atomic E-state index is 13.0. The Labute approximate surface area is 197 Å². The van der Waals surface area contributed by atoms with Gasteiger partial charge in [-0.2, -0.15) is 13.9 Å². The van der Waals surface area contributed by atoms with E-state index in [2.05, 4.69) is 30.5 Å². The van der Waals surface area contributed by atoms with Gasteiger partial charge < -0.3 is 19.8 Å². The van der Waals surface area contributed by atoms with E-state index in [0.717, 1.165) is 0 Å². The Morgan fingerprint density at radius 3 is 2.60 bits per heavy atom. The number of aliphatic hydroxyl groups is 1. The van der Waals surface area contributed by atoms with Crippen LogP contribution in [0, 0.1) is 6.92 Å². The van der Waals surface area contributed by atoms with Crippen molar-refractivity contribution < 1.29 is 23.2 Å². The lowest BCUT2D eigenvalue weighted by Crippen LogP contribution is -2.35. The Morgan fingerprint density at radius 1 is 1.17 bits per heavy atom. The summed E-state index contributed by atoms with van der Waals surface area (Å²) < 4.78 is 31.9. The summed E-state index contributed by atoms with van der Waals surface area (Å²) in [5, 5.41) is 21.3. The van der Waals surface area contributed by atoms with E-state index in [1.54, 1.807) is 31.3 Å². The highest BCUT2D eigenvalue weighted by Gasteiger charge is 2.48. The molecule has 0 aromatic carbocycles. The number of anilines is 2. The molecule has 4 aromatic heterocycles. The minimum absolute atomic E-state index is 0.0577. The lowest BCUT2D eigenvalue weighted by molar-refractivity contribution is -0.144. The zero-order chi connectivity index (χ0) is 24.7. The first-order valence-electron chi connectivity index (χ1n) is 10.6. The smallest absolute Gasteiger partial charge is 0.333 e. The molecule has 1 fully saturated rings. The predicted octanol–water partition coefficient (Wildman–Crippen LogP) is 2.89. The van der Waals surface area contributed by atoms with Gasteiger partial charge in [-0.25, -0.2) is 19.6 Å². The zero-order valence-electron chi connectivity index (χ0n) is 18.7. The highest BCUT2D eigenvalue weighted by molar-refractivity contribution is 5.87. The number of aromatic nitrogens is 6. The molecule has 0 bridgehead atoms. The predicted molar refractivity (Wildman–Crippen MR) is 118 cm³/mol. The Morgan fingerprint density at radius 2 is 1.91 bits per heavy atom. The fourth-order valence-electron chi connectivity index (χ4n) is 3.82. The van der Waals surface area contributed by atoms with Crippen LogP contribution in [0.25, 0.3) is 22.8 Å². The minimum atomic E-state index is -2.75. The standard InChI is InChI=1S/C22H20F2N8O3/c1-12-17(11-26-32(12)20(23)24)29-21-25-8-6-15(28-21)13-4-3-5-14(27-13)16-10-18(35-30-16)22(34)7-9-31(2)19(22)33/h3-6,8,10-11,20,34H,7,9H2,1-2H3,(H,25,28,29)/t22-/m1/s1. The zero-order valence-corrected chi connectivity index (χ0v) is 18.7. The average Bonchev–Trinajstić information content (AvgIpc) is 3.56. The Kier molecular flexibility index (Phi) is 5.47. The molecule has 5 rings (SSSR count). The Hall–Kier alpha value is -4.26. The van der Waals surface area contributed by atoms with Crippen LogP contribution in [0.4, 0.5) is 20.4 Å². The molecule has 0 aliphatic carbocycles. The number of likely N-dealkylation sites (N-methyl/N-ethyl adjacent to an activating group) is 1. The molecule has 1 aliphatic rings. The van der Waals surface area contributed by atoms with E-state index in [9.17, 15) is 18.7 Å². The fraction of sp³-hybridized carbons (Fsp3) is 0.273.